The smallest absolute Gasteiger partial charge is 0.370 e. The maximum atomic E-state index is 13.3. The topological polar surface area (TPSA) is 197 Å². The van der Waals surface area contributed by atoms with Gasteiger partial charge in [0.15, 0.2) is 0 Å². The lowest BCUT2D eigenvalue weighted by Gasteiger charge is -2.20. The van der Waals surface area contributed by atoms with Crippen molar-refractivity contribution in [1.29, 1.82) is 0 Å². The quantitative estimate of drug-likeness (QED) is 0.0807. The summed E-state index contributed by atoms with van der Waals surface area (Å²) in [7, 11) is 0. The molecule has 320 valence electrons. The fourth-order valence-electron chi connectivity index (χ4n) is 5.26. The van der Waals surface area contributed by atoms with Gasteiger partial charge in [-0.3, -0.25) is 0 Å². The molecule has 4 N–H and O–H groups in total. The molecule has 0 aliphatic heterocycles. The Hall–Kier alpha value is -6.36. The molecule has 59 heavy (non-hydrogen) atoms. The maximum absolute atomic E-state index is 13.3. The van der Waals surface area contributed by atoms with E-state index in [0.717, 1.165) is 6.20 Å². The van der Waals surface area contributed by atoms with Gasteiger partial charge in [-0.15, -0.1) is 0 Å². The fraction of sp³-hybridized carbons (Fsp3) is 0.486. The van der Waals surface area contributed by atoms with Crippen LogP contribution >= 0.6 is 0 Å². The third-order valence-electron chi connectivity index (χ3n) is 8.34. The van der Waals surface area contributed by atoms with Crippen LogP contribution in [-0.4, -0.2) is 82.6 Å². The average Bonchev–Trinajstić information content (AvgIpc) is 4.02. The maximum Gasteiger partial charge on any atom is 0.421 e. The third kappa shape index (κ3) is 10.2. The van der Waals surface area contributed by atoms with Crippen LogP contribution in [0, 0.1) is 0 Å². The summed E-state index contributed by atoms with van der Waals surface area (Å²) >= 11 is 0. The molecule has 0 fully saturated rings. The van der Waals surface area contributed by atoms with Crippen LogP contribution in [0.25, 0.3) is 0 Å². The summed E-state index contributed by atoms with van der Waals surface area (Å²) in [5, 5.41) is 35.9. The Morgan fingerprint density at radius 2 is 1.03 bits per heavy atom. The number of aryl methyl sites for hydroxylation is 2. The standard InChI is InChI=1S/2C17H22F3N9.CH4/c2*1-5-21-14-11(17(18,19)20)10-22-15(26-14)25-13-9-12(27-28(13)6-2)16(3,4)29-23-7-8-24-29;/h2*7-10H,5-6H2,1-4H3,(H2,21,22,25,26);1H4/i2D3,6D2;;. The highest BCUT2D eigenvalue weighted by molar-refractivity contribution is 5.56. The van der Waals surface area contributed by atoms with E-state index in [1.165, 1.54) is 28.1 Å². The molecule has 0 aliphatic rings. The number of aromatic nitrogens is 14. The normalized spacial score (nSPS) is 13.7. The van der Waals surface area contributed by atoms with Gasteiger partial charge in [0.25, 0.3) is 0 Å². The van der Waals surface area contributed by atoms with E-state index in [1.54, 1.807) is 50.8 Å². The molecule has 0 aliphatic carbocycles. The van der Waals surface area contributed by atoms with Gasteiger partial charge in [0, 0.05) is 54.8 Å². The monoisotopic (exact) mass is 839 g/mol. The van der Waals surface area contributed by atoms with E-state index < -0.39 is 53.7 Å². The molecule has 0 atom stereocenters. The molecule has 0 unspecified atom stereocenters. The SMILES string of the molecule is C.CCNc1nc(Nc2cc(C(C)(C)n3nccn3)nn2CC)ncc1C(F)(F)F.[2H]C([2H])([2H])C([2H])([2H])n1nc(C(C)(C)n2nccn2)cc1Nc1ncc(C(F)(F)F)c(NCC)n1. The van der Waals surface area contributed by atoms with Crippen molar-refractivity contribution < 1.29 is 33.2 Å². The number of nitrogens with zero attached hydrogens (tertiary/aromatic N) is 14. The fourth-order valence-corrected chi connectivity index (χ4v) is 5.26. The second-order valence-electron chi connectivity index (χ2n) is 13.1. The molecule has 6 aromatic rings. The second kappa shape index (κ2) is 18.1. The first-order valence-electron chi connectivity index (χ1n) is 20.1. The third-order valence-corrected chi connectivity index (χ3v) is 8.34. The number of hydrogen-bond donors (Lipinski definition) is 4. The molecular formula is C35H48F6N18. The van der Waals surface area contributed by atoms with E-state index in [9.17, 15) is 26.3 Å². The van der Waals surface area contributed by atoms with Crippen LogP contribution in [0.15, 0.2) is 49.3 Å². The molecule has 0 aromatic carbocycles. The molecule has 6 rings (SSSR count). The van der Waals surface area contributed by atoms with Gasteiger partial charge in [0.1, 0.15) is 45.5 Å². The van der Waals surface area contributed by atoms with Crippen LogP contribution < -0.4 is 21.3 Å². The average molecular weight is 840 g/mol. The zero-order valence-corrected chi connectivity index (χ0v) is 32.3. The number of anilines is 6. The Morgan fingerprint density at radius 1 is 0.644 bits per heavy atom. The lowest BCUT2D eigenvalue weighted by atomic mass is 10.0. The van der Waals surface area contributed by atoms with Gasteiger partial charge in [0.05, 0.1) is 38.9 Å². The van der Waals surface area contributed by atoms with Crippen molar-refractivity contribution in [3.05, 3.63) is 71.8 Å². The number of alkyl halides is 6. The summed E-state index contributed by atoms with van der Waals surface area (Å²) in [6.07, 6.45) is -1.90. The van der Waals surface area contributed by atoms with E-state index in [4.69, 9.17) is 6.85 Å². The van der Waals surface area contributed by atoms with E-state index in [1.807, 2.05) is 20.8 Å². The minimum atomic E-state index is -4.70. The van der Waals surface area contributed by atoms with E-state index in [-0.39, 0.29) is 43.2 Å². The van der Waals surface area contributed by atoms with Gasteiger partial charge < -0.3 is 21.3 Å². The van der Waals surface area contributed by atoms with Crippen molar-refractivity contribution in [2.45, 2.75) is 99.2 Å². The molecule has 0 saturated heterocycles. The molecule has 6 aromatic heterocycles. The zero-order valence-electron chi connectivity index (χ0n) is 37.3. The van der Waals surface area contributed by atoms with Crippen molar-refractivity contribution in [3.8, 4) is 0 Å². The number of hydrogen-bond acceptors (Lipinski definition) is 14. The van der Waals surface area contributed by atoms with Crippen LogP contribution in [-0.2, 0) is 36.5 Å². The largest absolute Gasteiger partial charge is 0.421 e. The van der Waals surface area contributed by atoms with Gasteiger partial charge in [-0.25, -0.2) is 19.3 Å². The molecule has 0 bridgehead atoms. The summed E-state index contributed by atoms with van der Waals surface area (Å²) in [4.78, 5) is 18.2. The van der Waals surface area contributed by atoms with Crippen molar-refractivity contribution in [2.75, 3.05) is 34.4 Å². The van der Waals surface area contributed by atoms with Crippen molar-refractivity contribution in [1.82, 2.24) is 69.5 Å². The van der Waals surface area contributed by atoms with Gasteiger partial charge in [-0.2, -0.15) is 76.5 Å². The van der Waals surface area contributed by atoms with E-state index in [2.05, 4.69) is 71.8 Å². The van der Waals surface area contributed by atoms with Crippen LogP contribution in [0.3, 0.4) is 0 Å². The second-order valence-corrected chi connectivity index (χ2v) is 13.1. The highest BCUT2D eigenvalue weighted by atomic mass is 19.4. The van der Waals surface area contributed by atoms with E-state index in [0.29, 0.717) is 35.5 Å². The molecule has 18 nitrogen and oxygen atoms in total. The summed E-state index contributed by atoms with van der Waals surface area (Å²) < 4.78 is 121. The van der Waals surface area contributed by atoms with Crippen LogP contribution in [0.2, 0.25) is 0 Å². The van der Waals surface area contributed by atoms with Crippen molar-refractivity contribution in [3.63, 3.8) is 0 Å². The molecule has 0 spiro atoms. The Bertz CT molecular complexity index is 2440. The summed E-state index contributed by atoms with van der Waals surface area (Å²) in [6, 6.07) is 3.11. The molecule has 0 radical (unpaired) electrons. The zero-order chi connectivity index (χ0) is 46.8. The summed E-state index contributed by atoms with van der Waals surface area (Å²) in [5.74, 6) is -0.707. The minimum Gasteiger partial charge on any atom is -0.370 e. The predicted octanol–water partition coefficient (Wildman–Crippen LogP) is 7.16. The predicted molar refractivity (Wildman–Crippen MR) is 208 cm³/mol. The van der Waals surface area contributed by atoms with Crippen LogP contribution in [0.5, 0.6) is 0 Å². The lowest BCUT2D eigenvalue weighted by Crippen LogP contribution is -2.30. The summed E-state index contributed by atoms with van der Waals surface area (Å²) in [5.41, 5.74) is -2.81. The Kier molecular flexibility index (Phi) is 11.7. The van der Waals surface area contributed by atoms with Gasteiger partial charge in [-0.1, -0.05) is 7.43 Å². The van der Waals surface area contributed by atoms with E-state index >= 15 is 0 Å². The first kappa shape index (κ1) is 38.2. The molecular weight excluding hydrogens is 786 g/mol. The van der Waals surface area contributed by atoms with Crippen LogP contribution in [0.1, 0.15) is 92.1 Å². The molecule has 0 saturated carbocycles. The number of halogens is 6. The number of rotatable bonds is 14. The first-order chi connectivity index (χ1) is 29.2. The Balaban J connectivity index is 0.000000279. The highest BCUT2D eigenvalue weighted by Gasteiger charge is 2.37. The number of nitrogens with one attached hydrogen (secondary N) is 4. The van der Waals surface area contributed by atoms with Crippen LogP contribution in [0.4, 0.5) is 61.5 Å². The summed E-state index contributed by atoms with van der Waals surface area (Å²) in [6.45, 7) is 7.22. The van der Waals surface area contributed by atoms with Gasteiger partial charge in [-0.05, 0) is 55.3 Å². The molecule has 24 heteroatoms. The molecule has 0 amide bonds. The Labute approximate surface area is 343 Å². The van der Waals surface area contributed by atoms with Crippen molar-refractivity contribution in [2.24, 2.45) is 0 Å². The van der Waals surface area contributed by atoms with Crippen molar-refractivity contribution >= 4 is 35.2 Å². The minimum absolute atomic E-state index is 0. The highest BCUT2D eigenvalue weighted by Crippen LogP contribution is 2.36. The molecule has 6 heterocycles. The first-order valence-corrected chi connectivity index (χ1v) is 17.6. The van der Waals surface area contributed by atoms with Gasteiger partial charge >= 0.3 is 12.4 Å². The van der Waals surface area contributed by atoms with Gasteiger partial charge in [0.2, 0.25) is 11.9 Å². The Morgan fingerprint density at radius 3 is 1.39 bits per heavy atom. The lowest BCUT2D eigenvalue weighted by molar-refractivity contribution is -0.138.